The zero-order chi connectivity index (χ0) is 16.9. The van der Waals surface area contributed by atoms with Crippen LogP contribution in [-0.4, -0.2) is 28.5 Å². The molecule has 1 heterocycles. The van der Waals surface area contributed by atoms with Crippen LogP contribution < -0.4 is 5.32 Å². The standard InChI is InChI=1S/C16H23BrN2O3/c1-10(2)14(19-15(21)22-16(3,4)5)12(20)9-11-7-6-8-13(17)18-11/h6-8,10,14H,9H2,1-5H3,(H,19,21)/t14-/m0/s1. The molecule has 6 heteroatoms. The molecule has 0 aliphatic carbocycles. The van der Waals surface area contributed by atoms with Gasteiger partial charge in [-0.2, -0.15) is 0 Å². The van der Waals surface area contributed by atoms with Gasteiger partial charge in [0.05, 0.1) is 12.5 Å². The fraction of sp³-hybridized carbons (Fsp3) is 0.562. The first-order valence-corrected chi connectivity index (χ1v) is 8.01. The molecule has 122 valence electrons. The minimum atomic E-state index is -0.601. The lowest BCUT2D eigenvalue weighted by molar-refractivity contribution is -0.121. The lowest BCUT2D eigenvalue weighted by Gasteiger charge is -2.25. The fourth-order valence-electron chi connectivity index (χ4n) is 1.89. The summed E-state index contributed by atoms with van der Waals surface area (Å²) in [6.45, 7) is 9.11. The van der Waals surface area contributed by atoms with Gasteiger partial charge in [-0.3, -0.25) is 4.79 Å². The average molecular weight is 371 g/mol. The minimum Gasteiger partial charge on any atom is -0.444 e. The van der Waals surface area contributed by atoms with Gasteiger partial charge in [0.2, 0.25) is 0 Å². The van der Waals surface area contributed by atoms with Crippen molar-refractivity contribution in [1.29, 1.82) is 0 Å². The number of Topliss-reactive ketones (excluding diaryl/α,β-unsaturated/α-hetero) is 1. The molecule has 0 unspecified atom stereocenters. The van der Waals surface area contributed by atoms with E-state index < -0.39 is 17.7 Å². The van der Waals surface area contributed by atoms with Crippen LogP contribution in [-0.2, 0) is 16.0 Å². The maximum absolute atomic E-state index is 12.4. The van der Waals surface area contributed by atoms with E-state index in [2.05, 4.69) is 26.2 Å². The van der Waals surface area contributed by atoms with E-state index in [4.69, 9.17) is 4.74 Å². The Bertz CT molecular complexity index is 538. The molecule has 1 amide bonds. The number of carbonyl (C=O) groups excluding carboxylic acids is 2. The van der Waals surface area contributed by atoms with E-state index >= 15 is 0 Å². The van der Waals surface area contributed by atoms with Gasteiger partial charge in [-0.15, -0.1) is 0 Å². The van der Waals surface area contributed by atoms with Gasteiger partial charge in [0.1, 0.15) is 10.2 Å². The molecular weight excluding hydrogens is 348 g/mol. The molecule has 1 aromatic heterocycles. The summed E-state index contributed by atoms with van der Waals surface area (Å²) in [6, 6.07) is 4.81. The van der Waals surface area contributed by atoms with Crippen molar-refractivity contribution in [2.45, 2.75) is 52.7 Å². The van der Waals surface area contributed by atoms with Crippen LogP contribution in [0.15, 0.2) is 22.8 Å². The van der Waals surface area contributed by atoms with E-state index in [1.807, 2.05) is 19.9 Å². The Kier molecular flexibility index (Phi) is 6.53. The molecule has 0 spiro atoms. The number of nitrogens with one attached hydrogen (secondary N) is 1. The van der Waals surface area contributed by atoms with Gasteiger partial charge in [0, 0.05) is 5.69 Å². The molecule has 0 aliphatic heterocycles. The molecule has 0 saturated heterocycles. The largest absolute Gasteiger partial charge is 0.444 e. The average Bonchev–Trinajstić information content (AvgIpc) is 2.33. The van der Waals surface area contributed by atoms with E-state index in [1.54, 1.807) is 32.9 Å². The summed E-state index contributed by atoms with van der Waals surface area (Å²) in [4.78, 5) is 28.6. The van der Waals surface area contributed by atoms with Crippen LogP contribution in [0, 0.1) is 5.92 Å². The molecule has 1 N–H and O–H groups in total. The molecule has 5 nitrogen and oxygen atoms in total. The zero-order valence-electron chi connectivity index (χ0n) is 13.6. The molecule has 1 aromatic rings. The zero-order valence-corrected chi connectivity index (χ0v) is 15.2. The van der Waals surface area contributed by atoms with Crippen molar-refractivity contribution in [3.63, 3.8) is 0 Å². The molecule has 1 rings (SSSR count). The second-order valence-corrected chi connectivity index (χ2v) is 7.28. The van der Waals surface area contributed by atoms with E-state index in [9.17, 15) is 9.59 Å². The summed E-state index contributed by atoms with van der Waals surface area (Å²) in [7, 11) is 0. The smallest absolute Gasteiger partial charge is 0.408 e. The predicted octanol–water partition coefficient (Wildman–Crippen LogP) is 3.51. The van der Waals surface area contributed by atoms with E-state index in [0.29, 0.717) is 10.3 Å². The number of amides is 1. The first kappa shape index (κ1) is 18.6. The van der Waals surface area contributed by atoms with Crippen molar-refractivity contribution >= 4 is 27.8 Å². The Hall–Kier alpha value is -1.43. The molecule has 0 bridgehead atoms. The van der Waals surface area contributed by atoms with Gasteiger partial charge < -0.3 is 10.1 Å². The van der Waals surface area contributed by atoms with Crippen LogP contribution >= 0.6 is 15.9 Å². The summed E-state index contributed by atoms with van der Waals surface area (Å²) < 4.78 is 5.89. The van der Waals surface area contributed by atoms with Crippen molar-refractivity contribution in [2.24, 2.45) is 5.92 Å². The lowest BCUT2D eigenvalue weighted by Crippen LogP contribution is -2.47. The number of nitrogens with zero attached hydrogens (tertiary/aromatic N) is 1. The molecule has 22 heavy (non-hydrogen) atoms. The maximum atomic E-state index is 12.4. The summed E-state index contributed by atoms with van der Waals surface area (Å²) in [5, 5.41) is 2.66. The van der Waals surface area contributed by atoms with Crippen LogP contribution in [0.1, 0.15) is 40.3 Å². The second kappa shape index (κ2) is 7.72. The van der Waals surface area contributed by atoms with E-state index in [1.165, 1.54) is 0 Å². The van der Waals surface area contributed by atoms with E-state index in [0.717, 1.165) is 0 Å². The third kappa shape index (κ3) is 6.56. The quantitative estimate of drug-likeness (QED) is 0.805. The number of pyridine rings is 1. The first-order chi connectivity index (χ1) is 10.1. The third-order valence-electron chi connectivity index (χ3n) is 2.81. The summed E-state index contributed by atoms with van der Waals surface area (Å²) in [5.74, 6) is -0.126. The Morgan fingerprint density at radius 3 is 2.45 bits per heavy atom. The van der Waals surface area contributed by atoms with Gasteiger partial charge in [-0.25, -0.2) is 9.78 Å². The van der Waals surface area contributed by atoms with Crippen LogP contribution in [0.4, 0.5) is 4.79 Å². The number of alkyl carbamates (subject to hydrolysis) is 1. The van der Waals surface area contributed by atoms with Gasteiger partial charge in [-0.1, -0.05) is 19.9 Å². The Labute approximate surface area is 140 Å². The number of hydrogen-bond acceptors (Lipinski definition) is 4. The molecule has 1 atom stereocenters. The van der Waals surface area contributed by atoms with Crippen LogP contribution in [0.3, 0.4) is 0 Å². The van der Waals surface area contributed by atoms with E-state index in [-0.39, 0.29) is 18.1 Å². The topological polar surface area (TPSA) is 68.3 Å². The van der Waals surface area contributed by atoms with Gasteiger partial charge in [0.25, 0.3) is 0 Å². The Morgan fingerprint density at radius 2 is 1.95 bits per heavy atom. The normalized spacial score (nSPS) is 12.9. The van der Waals surface area contributed by atoms with Crippen molar-refractivity contribution in [2.75, 3.05) is 0 Å². The molecule has 0 aromatic carbocycles. The van der Waals surface area contributed by atoms with Gasteiger partial charge >= 0.3 is 6.09 Å². The van der Waals surface area contributed by atoms with Crippen molar-refractivity contribution in [1.82, 2.24) is 10.3 Å². The Balaban J connectivity index is 2.74. The Morgan fingerprint density at radius 1 is 1.32 bits per heavy atom. The number of carbonyl (C=O) groups is 2. The van der Waals surface area contributed by atoms with Crippen molar-refractivity contribution < 1.29 is 14.3 Å². The highest BCUT2D eigenvalue weighted by Crippen LogP contribution is 2.12. The summed E-state index contributed by atoms with van der Waals surface area (Å²) in [6.07, 6.45) is -0.417. The summed E-state index contributed by atoms with van der Waals surface area (Å²) >= 11 is 3.28. The number of ether oxygens (including phenoxy) is 1. The minimum absolute atomic E-state index is 0.0350. The predicted molar refractivity (Wildman–Crippen MR) is 88.6 cm³/mol. The maximum Gasteiger partial charge on any atom is 0.408 e. The van der Waals surface area contributed by atoms with Crippen LogP contribution in [0.5, 0.6) is 0 Å². The molecule has 0 saturated carbocycles. The SMILES string of the molecule is CC(C)[C@H](NC(=O)OC(C)(C)C)C(=O)Cc1cccc(Br)n1. The molecule has 0 radical (unpaired) electrons. The number of aromatic nitrogens is 1. The highest BCUT2D eigenvalue weighted by molar-refractivity contribution is 9.10. The third-order valence-corrected chi connectivity index (χ3v) is 3.26. The molecule has 0 fully saturated rings. The van der Waals surface area contributed by atoms with Crippen molar-refractivity contribution in [3.05, 3.63) is 28.5 Å². The first-order valence-electron chi connectivity index (χ1n) is 7.22. The number of hydrogen-bond donors (Lipinski definition) is 1. The molecular formula is C16H23BrN2O3. The fourth-order valence-corrected chi connectivity index (χ4v) is 2.27. The molecule has 0 aliphatic rings. The second-order valence-electron chi connectivity index (χ2n) is 6.46. The van der Waals surface area contributed by atoms with Crippen LogP contribution in [0.25, 0.3) is 0 Å². The van der Waals surface area contributed by atoms with Crippen molar-refractivity contribution in [3.8, 4) is 0 Å². The van der Waals surface area contributed by atoms with Gasteiger partial charge in [-0.05, 0) is 54.8 Å². The number of rotatable bonds is 5. The summed E-state index contributed by atoms with van der Waals surface area (Å²) in [5.41, 5.74) is 0.0663. The lowest BCUT2D eigenvalue weighted by atomic mass is 9.97. The highest BCUT2D eigenvalue weighted by Gasteiger charge is 2.27. The monoisotopic (exact) mass is 370 g/mol. The number of ketones is 1. The number of halogens is 1. The highest BCUT2D eigenvalue weighted by atomic mass is 79.9. The van der Waals surface area contributed by atoms with Crippen LogP contribution in [0.2, 0.25) is 0 Å². The van der Waals surface area contributed by atoms with Gasteiger partial charge in [0.15, 0.2) is 5.78 Å².